The lowest BCUT2D eigenvalue weighted by atomic mass is 10.3. The van der Waals surface area contributed by atoms with Crippen LogP contribution in [0.3, 0.4) is 0 Å². The number of benzene rings is 1. The summed E-state index contributed by atoms with van der Waals surface area (Å²) >= 11 is 6.86. The fraction of sp³-hybridized carbons (Fsp3) is 0.667. The zero-order valence-corrected chi connectivity index (χ0v) is 17.5. The Labute approximate surface area is 162 Å². The van der Waals surface area contributed by atoms with Crippen LogP contribution in [0.4, 0.5) is 0 Å². The van der Waals surface area contributed by atoms with Crippen LogP contribution in [0.2, 0.25) is 0 Å². The number of para-hydroxylation sites is 2. The van der Waals surface area contributed by atoms with Gasteiger partial charge in [0, 0.05) is 23.9 Å². The largest absolute Gasteiger partial charge is 0.493 e. The lowest BCUT2D eigenvalue weighted by molar-refractivity contribution is -0.0386. The Balaban J connectivity index is 2.40. The van der Waals surface area contributed by atoms with Gasteiger partial charge in [0.15, 0.2) is 11.5 Å². The predicted octanol–water partition coefficient (Wildman–Crippen LogP) is 4.83. The normalized spacial score (nSPS) is 12.1. The monoisotopic (exact) mass is 466 g/mol. The molecular formula is C18H28Br2O4. The molecule has 0 radical (unpaired) electrons. The Morgan fingerprint density at radius 3 is 2.21 bits per heavy atom. The van der Waals surface area contributed by atoms with Gasteiger partial charge in [-0.15, -0.1) is 0 Å². The molecule has 0 spiro atoms. The Hall–Kier alpha value is -0.300. The predicted molar refractivity (Wildman–Crippen MR) is 105 cm³/mol. The van der Waals surface area contributed by atoms with Gasteiger partial charge in [-0.05, 0) is 37.8 Å². The van der Waals surface area contributed by atoms with Crippen molar-refractivity contribution >= 4 is 31.9 Å². The molecule has 0 aliphatic carbocycles. The van der Waals surface area contributed by atoms with Crippen molar-refractivity contribution in [3.05, 3.63) is 24.3 Å². The van der Waals surface area contributed by atoms with Gasteiger partial charge in [0.2, 0.25) is 0 Å². The fourth-order valence-corrected chi connectivity index (χ4v) is 2.82. The van der Waals surface area contributed by atoms with Crippen molar-refractivity contribution in [2.45, 2.75) is 31.8 Å². The molecule has 0 aromatic heterocycles. The van der Waals surface area contributed by atoms with Crippen molar-refractivity contribution in [1.82, 2.24) is 0 Å². The Morgan fingerprint density at radius 2 is 1.54 bits per heavy atom. The molecule has 0 saturated carbocycles. The molecule has 1 aromatic rings. The minimum Gasteiger partial charge on any atom is -0.493 e. The van der Waals surface area contributed by atoms with Crippen molar-refractivity contribution in [3.8, 4) is 11.5 Å². The van der Waals surface area contributed by atoms with Gasteiger partial charge in [0.25, 0.3) is 0 Å². The smallest absolute Gasteiger partial charge is 0.161 e. The van der Waals surface area contributed by atoms with E-state index in [0.717, 1.165) is 61.1 Å². The van der Waals surface area contributed by atoms with Crippen LogP contribution >= 0.6 is 31.9 Å². The van der Waals surface area contributed by atoms with Gasteiger partial charge in [0.1, 0.15) is 12.7 Å². The van der Waals surface area contributed by atoms with Crippen LogP contribution in [0.1, 0.15) is 25.7 Å². The van der Waals surface area contributed by atoms with E-state index < -0.39 is 0 Å². The van der Waals surface area contributed by atoms with Gasteiger partial charge in [0.05, 0.1) is 13.7 Å². The first-order chi connectivity index (χ1) is 11.8. The van der Waals surface area contributed by atoms with Crippen LogP contribution in [-0.4, -0.2) is 50.3 Å². The lowest BCUT2D eigenvalue weighted by Crippen LogP contribution is -2.28. The molecule has 24 heavy (non-hydrogen) atoms. The van der Waals surface area contributed by atoms with Crippen LogP contribution in [-0.2, 0) is 9.47 Å². The van der Waals surface area contributed by atoms with Crippen LogP contribution in [0.15, 0.2) is 24.3 Å². The van der Waals surface area contributed by atoms with Crippen LogP contribution in [0, 0.1) is 0 Å². The molecule has 1 aromatic carbocycles. The molecule has 138 valence electrons. The van der Waals surface area contributed by atoms with Crippen molar-refractivity contribution < 1.29 is 18.9 Å². The maximum atomic E-state index is 5.93. The molecule has 0 heterocycles. The van der Waals surface area contributed by atoms with Gasteiger partial charge in [-0.2, -0.15) is 0 Å². The number of ether oxygens (including phenoxy) is 4. The summed E-state index contributed by atoms with van der Waals surface area (Å²) in [4.78, 5) is 0. The molecule has 0 bridgehead atoms. The summed E-state index contributed by atoms with van der Waals surface area (Å²) in [6.45, 7) is 2.47. The quantitative estimate of drug-likeness (QED) is 0.273. The minimum atomic E-state index is -0.0748. The molecule has 4 nitrogen and oxygen atoms in total. The van der Waals surface area contributed by atoms with Gasteiger partial charge in [-0.25, -0.2) is 0 Å². The molecule has 1 rings (SSSR count). The summed E-state index contributed by atoms with van der Waals surface area (Å²) in [6.07, 6.45) is 4.23. The summed E-state index contributed by atoms with van der Waals surface area (Å²) in [6, 6.07) is 7.64. The molecule has 0 aliphatic heterocycles. The van der Waals surface area contributed by atoms with Crippen molar-refractivity contribution in [1.29, 1.82) is 0 Å². The van der Waals surface area contributed by atoms with Crippen LogP contribution < -0.4 is 9.47 Å². The number of methoxy groups -OCH3 is 1. The molecule has 0 amide bonds. The van der Waals surface area contributed by atoms with Crippen molar-refractivity contribution in [2.75, 3.05) is 44.2 Å². The van der Waals surface area contributed by atoms with Crippen molar-refractivity contribution in [2.24, 2.45) is 0 Å². The van der Waals surface area contributed by atoms with E-state index in [-0.39, 0.29) is 6.10 Å². The van der Waals surface area contributed by atoms with E-state index in [1.807, 2.05) is 24.3 Å². The van der Waals surface area contributed by atoms with Crippen LogP contribution in [0.25, 0.3) is 0 Å². The van der Waals surface area contributed by atoms with E-state index in [4.69, 9.17) is 18.9 Å². The second kappa shape index (κ2) is 15.0. The lowest BCUT2D eigenvalue weighted by Gasteiger charge is -2.19. The average Bonchev–Trinajstić information content (AvgIpc) is 2.62. The number of unbranched alkanes of at least 4 members (excludes halogenated alkanes) is 2. The van der Waals surface area contributed by atoms with Gasteiger partial charge >= 0.3 is 0 Å². The highest BCUT2D eigenvalue weighted by molar-refractivity contribution is 9.09. The Kier molecular flexibility index (Phi) is 13.6. The van der Waals surface area contributed by atoms with Gasteiger partial charge in [-0.3, -0.25) is 0 Å². The standard InChI is InChI=1S/C18H28Br2O4/c1-21-17-8-2-3-9-18(17)24-15-16(23-13-7-5-11-20)14-22-12-6-4-10-19/h2-3,8-9,16H,4-7,10-15H2,1H3. The summed E-state index contributed by atoms with van der Waals surface area (Å²) in [5, 5.41) is 2.02. The third kappa shape index (κ3) is 9.87. The maximum absolute atomic E-state index is 5.93. The second-order valence-corrected chi connectivity index (χ2v) is 6.91. The van der Waals surface area contributed by atoms with Gasteiger partial charge in [-0.1, -0.05) is 44.0 Å². The van der Waals surface area contributed by atoms with E-state index in [2.05, 4.69) is 31.9 Å². The number of alkyl halides is 2. The number of rotatable bonds is 15. The molecule has 0 aliphatic rings. The first-order valence-electron chi connectivity index (χ1n) is 8.39. The SMILES string of the molecule is COc1ccccc1OCC(COCCCCBr)OCCCCBr. The highest BCUT2D eigenvalue weighted by Gasteiger charge is 2.12. The fourth-order valence-electron chi connectivity index (χ4n) is 2.03. The Morgan fingerprint density at radius 1 is 0.875 bits per heavy atom. The van der Waals surface area contributed by atoms with Crippen LogP contribution in [0.5, 0.6) is 11.5 Å². The van der Waals surface area contributed by atoms with E-state index in [1.54, 1.807) is 7.11 Å². The molecular weight excluding hydrogens is 440 g/mol. The van der Waals surface area contributed by atoms with Gasteiger partial charge < -0.3 is 18.9 Å². The zero-order valence-electron chi connectivity index (χ0n) is 14.3. The third-order valence-corrected chi connectivity index (χ3v) is 4.47. The molecule has 0 N–H and O–H groups in total. The van der Waals surface area contributed by atoms with E-state index in [9.17, 15) is 0 Å². The number of hydrogen-bond acceptors (Lipinski definition) is 4. The Bertz CT molecular complexity index is 418. The first kappa shape index (κ1) is 21.7. The summed E-state index contributed by atoms with van der Waals surface area (Å²) in [5.74, 6) is 1.46. The van der Waals surface area contributed by atoms with Crippen molar-refractivity contribution in [3.63, 3.8) is 0 Å². The minimum absolute atomic E-state index is 0.0748. The number of hydrogen-bond donors (Lipinski definition) is 0. The second-order valence-electron chi connectivity index (χ2n) is 5.32. The van der Waals surface area contributed by atoms with E-state index in [1.165, 1.54) is 0 Å². The first-order valence-corrected chi connectivity index (χ1v) is 10.6. The molecule has 1 unspecified atom stereocenters. The summed E-state index contributed by atoms with van der Waals surface area (Å²) in [5.41, 5.74) is 0. The maximum Gasteiger partial charge on any atom is 0.161 e. The number of halogens is 2. The topological polar surface area (TPSA) is 36.9 Å². The molecule has 0 fully saturated rings. The molecule has 6 heteroatoms. The third-order valence-electron chi connectivity index (χ3n) is 3.35. The molecule has 0 saturated heterocycles. The van der Waals surface area contributed by atoms with E-state index >= 15 is 0 Å². The van der Waals surface area contributed by atoms with E-state index in [0.29, 0.717) is 13.2 Å². The molecule has 1 atom stereocenters. The summed E-state index contributed by atoms with van der Waals surface area (Å²) < 4.78 is 22.8. The highest BCUT2D eigenvalue weighted by Crippen LogP contribution is 2.26. The summed E-state index contributed by atoms with van der Waals surface area (Å²) in [7, 11) is 1.64. The average molecular weight is 468 g/mol. The highest BCUT2D eigenvalue weighted by atomic mass is 79.9. The zero-order chi connectivity index (χ0) is 17.5.